The number of benzene rings is 1. The molecular weight excluding hydrogens is 319 g/mol. The fourth-order valence-corrected chi connectivity index (χ4v) is 2.85. The average Bonchev–Trinajstić information content (AvgIpc) is 2.27. The Morgan fingerprint density at radius 2 is 1.90 bits per heavy atom. The van der Waals surface area contributed by atoms with Crippen LogP contribution in [-0.2, 0) is 10.0 Å². The van der Waals surface area contributed by atoms with Gasteiger partial charge >= 0.3 is 0 Å². The molecule has 1 amide bonds. The van der Waals surface area contributed by atoms with Crippen molar-refractivity contribution in [3.63, 3.8) is 0 Å². The summed E-state index contributed by atoms with van der Waals surface area (Å²) in [5.41, 5.74) is -0.610. The van der Waals surface area contributed by atoms with E-state index in [1.165, 1.54) is 11.9 Å². The molecule has 1 rings (SSSR count). The maximum absolute atomic E-state index is 14.2. The second-order valence-electron chi connectivity index (χ2n) is 6.03. The lowest BCUT2D eigenvalue weighted by Gasteiger charge is -2.27. The lowest BCUT2D eigenvalue weighted by atomic mass is 9.96. The molecule has 8 heteroatoms. The summed E-state index contributed by atoms with van der Waals surface area (Å²) in [6.45, 7) is 6.12. The number of hydrogen-bond acceptors (Lipinski definition) is 3. The fourth-order valence-electron chi connectivity index (χ4n) is 1.92. The number of carbonyl (C=O) groups is 1. The highest BCUT2D eigenvalue weighted by Gasteiger charge is 2.26. The lowest BCUT2D eigenvalue weighted by molar-refractivity contribution is 0.0740. The van der Waals surface area contributed by atoms with Crippen LogP contribution < -0.4 is 5.14 Å². The summed E-state index contributed by atoms with van der Waals surface area (Å²) < 4.78 is 36.9. The third kappa shape index (κ3) is 4.66. The molecule has 0 bridgehead atoms. The van der Waals surface area contributed by atoms with Crippen molar-refractivity contribution in [1.29, 1.82) is 0 Å². The topological polar surface area (TPSA) is 80.5 Å². The molecule has 0 aromatic heterocycles. The molecule has 0 aliphatic rings. The van der Waals surface area contributed by atoms with Crippen molar-refractivity contribution in [2.75, 3.05) is 13.6 Å². The van der Waals surface area contributed by atoms with E-state index in [0.29, 0.717) is 6.54 Å². The van der Waals surface area contributed by atoms with Gasteiger partial charge in [0.1, 0.15) is 4.90 Å². The fraction of sp³-hybridized carbons (Fsp3) is 0.462. The van der Waals surface area contributed by atoms with Gasteiger partial charge in [-0.25, -0.2) is 17.9 Å². The van der Waals surface area contributed by atoms with Gasteiger partial charge in [0.25, 0.3) is 5.91 Å². The summed E-state index contributed by atoms with van der Waals surface area (Å²) >= 11 is 5.75. The van der Waals surface area contributed by atoms with Crippen LogP contribution in [-0.4, -0.2) is 32.8 Å². The van der Waals surface area contributed by atoms with Crippen molar-refractivity contribution in [2.24, 2.45) is 10.6 Å². The van der Waals surface area contributed by atoms with Gasteiger partial charge < -0.3 is 4.90 Å². The average molecular weight is 337 g/mol. The van der Waals surface area contributed by atoms with E-state index in [2.05, 4.69) is 0 Å². The molecule has 0 radical (unpaired) electrons. The number of primary sulfonamides is 1. The molecule has 0 atom stereocenters. The number of amides is 1. The molecule has 0 unspecified atom stereocenters. The number of nitrogens with zero attached hydrogens (tertiary/aromatic N) is 1. The van der Waals surface area contributed by atoms with E-state index in [0.717, 1.165) is 12.1 Å². The summed E-state index contributed by atoms with van der Waals surface area (Å²) in [4.78, 5) is 12.8. The molecule has 0 saturated carbocycles. The highest BCUT2D eigenvalue weighted by Crippen LogP contribution is 2.25. The maximum Gasteiger partial charge on any atom is 0.256 e. The predicted octanol–water partition coefficient (Wildman–Crippen LogP) is 2.24. The van der Waals surface area contributed by atoms with Gasteiger partial charge in [0, 0.05) is 18.6 Å². The quantitative estimate of drug-likeness (QED) is 0.919. The van der Waals surface area contributed by atoms with Crippen LogP contribution in [0.1, 0.15) is 31.1 Å². The zero-order chi connectivity index (χ0) is 16.6. The van der Waals surface area contributed by atoms with Gasteiger partial charge in [0.05, 0.1) is 5.56 Å². The Bertz CT molecular complexity index is 669. The van der Waals surface area contributed by atoms with E-state index in [4.69, 9.17) is 16.7 Å². The molecular formula is C13H18ClFN2O3S. The number of halogens is 2. The van der Waals surface area contributed by atoms with Gasteiger partial charge in [0.2, 0.25) is 10.0 Å². The van der Waals surface area contributed by atoms with Crippen LogP contribution in [0.2, 0.25) is 5.02 Å². The van der Waals surface area contributed by atoms with E-state index in [1.54, 1.807) is 0 Å². The van der Waals surface area contributed by atoms with Crippen LogP contribution in [0.5, 0.6) is 0 Å². The Labute approximate surface area is 128 Å². The van der Waals surface area contributed by atoms with Crippen LogP contribution in [0.4, 0.5) is 4.39 Å². The van der Waals surface area contributed by atoms with Gasteiger partial charge in [-0.2, -0.15) is 0 Å². The van der Waals surface area contributed by atoms with Gasteiger partial charge in [-0.05, 0) is 17.5 Å². The van der Waals surface area contributed by atoms with Crippen LogP contribution >= 0.6 is 11.6 Å². The minimum Gasteiger partial charge on any atom is -0.341 e. The highest BCUT2D eigenvalue weighted by molar-refractivity contribution is 7.89. The summed E-state index contributed by atoms with van der Waals surface area (Å²) in [6, 6.07) is 1.97. The Kier molecular flexibility index (Phi) is 5.02. The Hall–Kier alpha value is -1.18. The van der Waals surface area contributed by atoms with E-state index in [1.807, 2.05) is 20.8 Å². The number of nitrogens with two attached hydrogens (primary N) is 1. The Morgan fingerprint density at radius 3 is 2.33 bits per heavy atom. The summed E-state index contributed by atoms with van der Waals surface area (Å²) in [5.74, 6) is -1.84. The molecule has 21 heavy (non-hydrogen) atoms. The first-order valence-corrected chi connectivity index (χ1v) is 8.02. The molecule has 0 heterocycles. The number of rotatable bonds is 3. The standard InChI is InChI=1S/C13H18ClFN2O3S/c1-13(2,3)7-17(4)12(18)9-5-8(14)6-10(11(9)15)21(16,19)20/h5-6H,7H2,1-4H3,(H2,16,19,20). The van der Waals surface area contributed by atoms with Gasteiger partial charge in [-0.15, -0.1) is 0 Å². The van der Waals surface area contributed by atoms with Crippen molar-refractivity contribution >= 4 is 27.5 Å². The first-order chi connectivity index (χ1) is 9.33. The van der Waals surface area contributed by atoms with Crippen molar-refractivity contribution in [2.45, 2.75) is 25.7 Å². The van der Waals surface area contributed by atoms with Crippen LogP contribution in [0.3, 0.4) is 0 Å². The van der Waals surface area contributed by atoms with E-state index in [-0.39, 0.29) is 10.4 Å². The van der Waals surface area contributed by atoms with Gasteiger partial charge in [0.15, 0.2) is 5.82 Å². The Morgan fingerprint density at radius 1 is 1.38 bits per heavy atom. The SMILES string of the molecule is CN(CC(C)(C)C)C(=O)c1cc(Cl)cc(S(N)(=O)=O)c1F. The van der Waals surface area contributed by atoms with Crippen molar-refractivity contribution in [1.82, 2.24) is 4.90 Å². The van der Waals surface area contributed by atoms with Crippen LogP contribution in [0, 0.1) is 11.2 Å². The number of hydrogen-bond donors (Lipinski definition) is 1. The van der Waals surface area contributed by atoms with E-state index >= 15 is 0 Å². The molecule has 2 N–H and O–H groups in total. The van der Waals surface area contributed by atoms with Crippen LogP contribution in [0.25, 0.3) is 0 Å². The van der Waals surface area contributed by atoms with Crippen molar-refractivity contribution < 1.29 is 17.6 Å². The van der Waals surface area contributed by atoms with Crippen LogP contribution in [0.15, 0.2) is 17.0 Å². The molecule has 0 fully saturated rings. The molecule has 0 saturated heterocycles. The molecule has 1 aromatic rings. The monoisotopic (exact) mass is 336 g/mol. The largest absolute Gasteiger partial charge is 0.341 e. The minimum absolute atomic E-state index is 0.0760. The number of carbonyl (C=O) groups excluding carboxylic acids is 1. The third-order valence-corrected chi connectivity index (χ3v) is 3.73. The van der Waals surface area contributed by atoms with Crippen molar-refractivity contribution in [3.8, 4) is 0 Å². The summed E-state index contributed by atoms with van der Waals surface area (Å²) in [7, 11) is -2.80. The smallest absolute Gasteiger partial charge is 0.256 e. The first-order valence-electron chi connectivity index (χ1n) is 6.10. The zero-order valence-electron chi connectivity index (χ0n) is 12.3. The number of sulfonamides is 1. The zero-order valence-corrected chi connectivity index (χ0v) is 13.8. The third-order valence-electron chi connectivity index (χ3n) is 2.60. The first kappa shape index (κ1) is 17.9. The normalized spacial score (nSPS) is 12.3. The maximum atomic E-state index is 14.2. The molecule has 0 aliphatic heterocycles. The molecule has 118 valence electrons. The summed E-state index contributed by atoms with van der Waals surface area (Å²) in [6.07, 6.45) is 0. The Balaban J connectivity index is 3.32. The van der Waals surface area contributed by atoms with Gasteiger partial charge in [-0.3, -0.25) is 4.79 Å². The minimum atomic E-state index is -4.30. The molecule has 0 spiro atoms. The van der Waals surface area contributed by atoms with Gasteiger partial charge in [-0.1, -0.05) is 32.4 Å². The second kappa shape index (κ2) is 5.90. The molecule has 0 aliphatic carbocycles. The van der Waals surface area contributed by atoms with E-state index < -0.39 is 32.2 Å². The van der Waals surface area contributed by atoms with Crippen molar-refractivity contribution in [3.05, 3.63) is 28.5 Å². The summed E-state index contributed by atoms with van der Waals surface area (Å²) in [5, 5.41) is 4.85. The molecule has 1 aromatic carbocycles. The molecule has 5 nitrogen and oxygen atoms in total. The second-order valence-corrected chi connectivity index (χ2v) is 8.00. The lowest BCUT2D eigenvalue weighted by Crippen LogP contribution is -2.35. The predicted molar refractivity (Wildman–Crippen MR) is 79.2 cm³/mol. The van der Waals surface area contributed by atoms with E-state index in [9.17, 15) is 17.6 Å². The highest BCUT2D eigenvalue weighted by atomic mass is 35.5.